The van der Waals surface area contributed by atoms with Crippen molar-refractivity contribution in [3.63, 3.8) is 0 Å². The van der Waals surface area contributed by atoms with Gasteiger partial charge in [-0.25, -0.2) is 0 Å². The molecule has 1 unspecified atom stereocenters. The topological polar surface area (TPSA) is 77.0 Å². The molecule has 0 saturated heterocycles. The summed E-state index contributed by atoms with van der Waals surface area (Å²) in [5, 5.41) is 12.4. The second-order valence-electron chi connectivity index (χ2n) is 8.72. The van der Waals surface area contributed by atoms with E-state index in [0.29, 0.717) is 29.2 Å². The summed E-state index contributed by atoms with van der Waals surface area (Å²) in [6.45, 7) is 5.20. The van der Waals surface area contributed by atoms with E-state index in [9.17, 15) is 9.90 Å². The molecule has 0 spiro atoms. The highest BCUT2D eigenvalue weighted by Gasteiger charge is 2.47. The van der Waals surface area contributed by atoms with Crippen LogP contribution in [0.5, 0.6) is 11.5 Å². The lowest BCUT2D eigenvalue weighted by Gasteiger charge is -2.43. The lowest BCUT2D eigenvalue weighted by atomic mass is 9.86. The standard InChI is InChI=1S/C24H32FNO5Si/c1-15-22(30-3)19-14-17(26-24(28)16-6-9-18(29-2)10-7-16)8-11-20(19)31-23(15)21(12-13-27)32(4,5)25/h6-11,14-15,21-23,27H,12-13H2,1-5H3,(H,26,28)/t15-,21?,22-,23-/m1/s1. The molecule has 3 rings (SSSR count). The van der Waals surface area contributed by atoms with Gasteiger partial charge in [-0.3, -0.25) is 4.79 Å². The number of methoxy groups -OCH3 is 2. The summed E-state index contributed by atoms with van der Waals surface area (Å²) in [6, 6.07) is 12.3. The molecule has 2 aromatic rings. The van der Waals surface area contributed by atoms with Gasteiger partial charge >= 0.3 is 0 Å². The summed E-state index contributed by atoms with van der Waals surface area (Å²) < 4.78 is 32.3. The minimum atomic E-state index is -3.08. The molecule has 1 heterocycles. The molecule has 0 bridgehead atoms. The molecule has 2 aromatic carbocycles. The molecule has 6 nitrogen and oxygen atoms in total. The number of carbonyl (C=O) groups is 1. The highest BCUT2D eigenvalue weighted by molar-refractivity contribution is 6.72. The van der Waals surface area contributed by atoms with E-state index in [1.54, 1.807) is 63.7 Å². The number of rotatable bonds is 8. The minimum absolute atomic E-state index is 0.0849. The number of nitrogens with one attached hydrogen (secondary N) is 1. The van der Waals surface area contributed by atoms with Crippen molar-refractivity contribution in [1.82, 2.24) is 0 Å². The van der Waals surface area contributed by atoms with Crippen LogP contribution >= 0.6 is 0 Å². The maximum Gasteiger partial charge on any atom is 0.255 e. The average Bonchev–Trinajstić information content (AvgIpc) is 2.76. The Hall–Kier alpha value is -2.42. The van der Waals surface area contributed by atoms with Crippen molar-refractivity contribution in [3.05, 3.63) is 53.6 Å². The molecule has 1 amide bonds. The third-order valence-electron chi connectivity index (χ3n) is 6.16. The van der Waals surface area contributed by atoms with Crippen LogP contribution in [0.3, 0.4) is 0 Å². The number of aliphatic hydroxyl groups excluding tert-OH is 1. The molecule has 1 aliphatic heterocycles. The van der Waals surface area contributed by atoms with Crippen LogP contribution in [-0.2, 0) is 4.74 Å². The third kappa shape index (κ3) is 5.14. The van der Waals surface area contributed by atoms with Gasteiger partial charge in [0.15, 0.2) is 0 Å². The van der Waals surface area contributed by atoms with Crippen LogP contribution < -0.4 is 14.8 Å². The number of hydrogen-bond donors (Lipinski definition) is 2. The third-order valence-corrected chi connectivity index (χ3v) is 8.54. The highest BCUT2D eigenvalue weighted by Crippen LogP contribution is 2.47. The van der Waals surface area contributed by atoms with E-state index in [0.717, 1.165) is 5.56 Å². The quantitative estimate of drug-likeness (QED) is 0.429. The number of amides is 1. The van der Waals surface area contributed by atoms with Crippen LogP contribution in [-0.4, -0.2) is 46.4 Å². The first-order valence-electron chi connectivity index (χ1n) is 10.8. The number of hydrogen-bond acceptors (Lipinski definition) is 5. The normalized spacial score (nSPS) is 21.3. The summed E-state index contributed by atoms with van der Waals surface area (Å²) in [5.41, 5.74) is 1.58. The molecule has 1 aliphatic rings. The molecular formula is C24H32FNO5Si. The van der Waals surface area contributed by atoms with E-state index in [1.165, 1.54) is 0 Å². The fourth-order valence-corrected chi connectivity index (χ4v) is 6.41. The van der Waals surface area contributed by atoms with Crippen LogP contribution in [0.25, 0.3) is 0 Å². The Balaban J connectivity index is 1.85. The van der Waals surface area contributed by atoms with Crippen molar-refractivity contribution in [2.24, 2.45) is 5.92 Å². The molecule has 174 valence electrons. The van der Waals surface area contributed by atoms with Gasteiger partial charge in [0.2, 0.25) is 8.41 Å². The predicted molar refractivity (Wildman–Crippen MR) is 125 cm³/mol. The molecular weight excluding hydrogens is 429 g/mol. The second-order valence-corrected chi connectivity index (χ2v) is 12.6. The van der Waals surface area contributed by atoms with Gasteiger partial charge in [-0.2, -0.15) is 0 Å². The summed E-state index contributed by atoms with van der Waals surface area (Å²) in [6.07, 6.45) is -0.364. The highest BCUT2D eigenvalue weighted by atomic mass is 28.4. The average molecular weight is 462 g/mol. The van der Waals surface area contributed by atoms with E-state index in [2.05, 4.69) is 5.32 Å². The molecule has 4 atom stereocenters. The predicted octanol–water partition coefficient (Wildman–Crippen LogP) is 4.96. The van der Waals surface area contributed by atoms with Gasteiger partial charge in [0, 0.05) is 42.0 Å². The van der Waals surface area contributed by atoms with Gasteiger partial charge in [0.05, 0.1) is 13.2 Å². The van der Waals surface area contributed by atoms with E-state index in [-0.39, 0.29) is 30.1 Å². The van der Waals surface area contributed by atoms with E-state index < -0.39 is 14.5 Å². The van der Waals surface area contributed by atoms with Gasteiger partial charge in [0.25, 0.3) is 5.91 Å². The summed E-state index contributed by atoms with van der Waals surface area (Å²) in [7, 11) is 0.110. The molecule has 2 N–H and O–H groups in total. The monoisotopic (exact) mass is 461 g/mol. The smallest absolute Gasteiger partial charge is 0.255 e. The van der Waals surface area contributed by atoms with Crippen molar-refractivity contribution in [1.29, 1.82) is 0 Å². The lowest BCUT2D eigenvalue weighted by Crippen LogP contribution is -2.46. The molecule has 0 saturated carbocycles. The fraction of sp³-hybridized carbons (Fsp3) is 0.458. The molecule has 32 heavy (non-hydrogen) atoms. The SMILES string of the molecule is COc1ccc(C(=O)Nc2ccc3c(c2)[C@H](OC)[C@@H](C)[C@H](C(CCO)[Si](C)(C)F)O3)cc1. The molecule has 0 fully saturated rings. The molecule has 0 aromatic heterocycles. The zero-order valence-electron chi connectivity index (χ0n) is 19.2. The first-order valence-corrected chi connectivity index (χ1v) is 13.7. The zero-order valence-corrected chi connectivity index (χ0v) is 20.2. The van der Waals surface area contributed by atoms with Crippen LogP contribution in [0.1, 0.15) is 35.4 Å². The Morgan fingerprint density at radius 2 is 1.91 bits per heavy atom. The maximum absolute atomic E-state index is 15.1. The number of anilines is 1. The maximum atomic E-state index is 15.1. The largest absolute Gasteiger partial charge is 0.497 e. The first-order chi connectivity index (χ1) is 15.2. The van der Waals surface area contributed by atoms with Crippen LogP contribution in [0.15, 0.2) is 42.5 Å². The number of ether oxygens (including phenoxy) is 3. The summed E-state index contributed by atoms with van der Waals surface area (Å²) >= 11 is 0. The Morgan fingerprint density at radius 3 is 2.47 bits per heavy atom. The van der Waals surface area contributed by atoms with Gasteiger partial charge in [0.1, 0.15) is 17.6 Å². The van der Waals surface area contributed by atoms with Gasteiger partial charge < -0.3 is 28.7 Å². The van der Waals surface area contributed by atoms with Crippen LogP contribution in [0.4, 0.5) is 9.80 Å². The van der Waals surface area contributed by atoms with Crippen LogP contribution in [0, 0.1) is 5.92 Å². The van der Waals surface area contributed by atoms with Gasteiger partial charge in [-0.1, -0.05) is 6.92 Å². The van der Waals surface area contributed by atoms with Crippen molar-refractivity contribution < 1.29 is 28.2 Å². The molecule has 0 radical (unpaired) electrons. The zero-order chi connectivity index (χ0) is 23.5. The van der Waals surface area contributed by atoms with E-state index in [1.807, 2.05) is 13.0 Å². The second kappa shape index (κ2) is 10.0. The number of fused-ring (bicyclic) bond motifs is 1. The van der Waals surface area contributed by atoms with Crippen molar-refractivity contribution in [2.45, 2.75) is 44.2 Å². The summed E-state index contributed by atoms with van der Waals surface area (Å²) in [4.78, 5) is 12.6. The molecule has 8 heteroatoms. The van der Waals surface area contributed by atoms with Crippen molar-refractivity contribution in [2.75, 3.05) is 26.1 Å². The van der Waals surface area contributed by atoms with Gasteiger partial charge in [-0.15, -0.1) is 0 Å². The fourth-order valence-electron chi connectivity index (χ4n) is 4.44. The lowest BCUT2D eigenvalue weighted by molar-refractivity contribution is -0.0250. The Bertz CT molecular complexity index is 931. The Labute approximate surface area is 189 Å². The number of aliphatic hydroxyl groups is 1. The Kier molecular flexibility index (Phi) is 7.58. The minimum Gasteiger partial charge on any atom is -0.497 e. The van der Waals surface area contributed by atoms with Crippen molar-refractivity contribution in [3.8, 4) is 11.5 Å². The number of benzene rings is 2. The molecule has 0 aliphatic carbocycles. The first kappa shape index (κ1) is 24.2. The van der Waals surface area contributed by atoms with E-state index in [4.69, 9.17) is 14.2 Å². The summed E-state index contributed by atoms with van der Waals surface area (Å²) in [5.74, 6) is 0.929. The van der Waals surface area contributed by atoms with E-state index >= 15 is 4.11 Å². The van der Waals surface area contributed by atoms with Crippen LogP contribution in [0.2, 0.25) is 18.6 Å². The number of carbonyl (C=O) groups excluding carboxylic acids is 1. The van der Waals surface area contributed by atoms with Gasteiger partial charge in [-0.05, 0) is 62.0 Å². The van der Waals surface area contributed by atoms with Crippen molar-refractivity contribution >= 4 is 20.0 Å². The Morgan fingerprint density at radius 1 is 1.22 bits per heavy atom. The number of halogens is 1.